The predicted octanol–water partition coefficient (Wildman–Crippen LogP) is 4.34. The number of carbonyl (C=O) groups excluding carboxylic acids is 1. The zero-order chi connectivity index (χ0) is 17.1. The second-order valence-electron chi connectivity index (χ2n) is 5.06. The van der Waals surface area contributed by atoms with Crippen LogP contribution in [0.4, 0.5) is 4.39 Å². The van der Waals surface area contributed by atoms with E-state index in [4.69, 9.17) is 11.6 Å². The minimum Gasteiger partial charge on any atom is -0.293 e. The number of carbonyl (C=O) groups is 1. The van der Waals surface area contributed by atoms with Crippen LogP contribution in [0.2, 0.25) is 5.02 Å². The summed E-state index contributed by atoms with van der Waals surface area (Å²) < 4.78 is 14.9. The van der Waals surface area contributed by atoms with Gasteiger partial charge < -0.3 is 0 Å². The number of Topliss-reactive ketones (excluding diaryl/α,β-unsaturated/α-hetero) is 1. The Kier molecular flexibility index (Phi) is 4.97. The van der Waals surface area contributed by atoms with Crippen LogP contribution in [-0.4, -0.2) is 26.3 Å². The van der Waals surface area contributed by atoms with E-state index in [1.807, 2.05) is 0 Å². The van der Waals surface area contributed by atoms with Crippen molar-refractivity contribution in [2.45, 2.75) is 12.1 Å². The van der Waals surface area contributed by atoms with Crippen LogP contribution >= 0.6 is 23.4 Å². The zero-order valence-electron chi connectivity index (χ0n) is 12.7. The molecule has 0 fully saturated rings. The van der Waals surface area contributed by atoms with E-state index in [0.717, 1.165) is 5.69 Å². The summed E-state index contributed by atoms with van der Waals surface area (Å²) in [5.74, 6) is 0.559. The SMILES string of the molecule is Cc1nnc(SCC(=O)c2ccc(Cl)cc2)n1-c1ccc(F)cc1. The first-order chi connectivity index (χ1) is 11.5. The molecular formula is C17H13ClFN3OS. The highest BCUT2D eigenvalue weighted by Gasteiger charge is 2.14. The summed E-state index contributed by atoms with van der Waals surface area (Å²) in [6, 6.07) is 12.8. The summed E-state index contributed by atoms with van der Waals surface area (Å²) in [7, 11) is 0. The topological polar surface area (TPSA) is 47.8 Å². The Balaban J connectivity index is 1.77. The average molecular weight is 362 g/mol. The van der Waals surface area contributed by atoms with Gasteiger partial charge in [-0.3, -0.25) is 9.36 Å². The van der Waals surface area contributed by atoms with Gasteiger partial charge in [-0.05, 0) is 55.5 Å². The highest BCUT2D eigenvalue weighted by atomic mass is 35.5. The van der Waals surface area contributed by atoms with Crippen LogP contribution in [0.5, 0.6) is 0 Å². The van der Waals surface area contributed by atoms with Crippen molar-refractivity contribution in [3.8, 4) is 5.69 Å². The molecule has 0 aliphatic heterocycles. The van der Waals surface area contributed by atoms with Crippen LogP contribution in [0.1, 0.15) is 16.2 Å². The minimum absolute atomic E-state index is 0.0250. The van der Waals surface area contributed by atoms with Gasteiger partial charge in [0.15, 0.2) is 10.9 Å². The fourth-order valence-electron chi connectivity index (χ4n) is 2.17. The maximum atomic E-state index is 13.1. The molecule has 4 nitrogen and oxygen atoms in total. The van der Waals surface area contributed by atoms with Crippen LogP contribution in [0, 0.1) is 12.7 Å². The number of halogens is 2. The molecule has 24 heavy (non-hydrogen) atoms. The third-order valence-electron chi connectivity index (χ3n) is 3.38. The Hall–Kier alpha value is -2.18. The quantitative estimate of drug-likeness (QED) is 0.501. The lowest BCUT2D eigenvalue weighted by atomic mass is 10.1. The molecule has 0 unspecified atom stereocenters. The number of aryl methyl sites for hydroxylation is 1. The van der Waals surface area contributed by atoms with Crippen molar-refractivity contribution in [3.63, 3.8) is 0 Å². The smallest absolute Gasteiger partial charge is 0.196 e. The number of hydrogen-bond acceptors (Lipinski definition) is 4. The molecule has 0 saturated heterocycles. The second kappa shape index (κ2) is 7.15. The number of benzene rings is 2. The molecule has 0 bridgehead atoms. The molecule has 3 aromatic rings. The minimum atomic E-state index is -0.309. The monoisotopic (exact) mass is 361 g/mol. The summed E-state index contributed by atoms with van der Waals surface area (Å²) in [6.07, 6.45) is 0. The number of aromatic nitrogens is 3. The van der Waals surface area contributed by atoms with E-state index >= 15 is 0 Å². The van der Waals surface area contributed by atoms with Gasteiger partial charge >= 0.3 is 0 Å². The van der Waals surface area contributed by atoms with E-state index in [2.05, 4.69) is 10.2 Å². The number of rotatable bonds is 5. The van der Waals surface area contributed by atoms with E-state index in [-0.39, 0.29) is 17.4 Å². The van der Waals surface area contributed by atoms with Crippen molar-refractivity contribution >= 4 is 29.1 Å². The van der Waals surface area contributed by atoms with Crippen molar-refractivity contribution in [3.05, 3.63) is 70.8 Å². The lowest BCUT2D eigenvalue weighted by Gasteiger charge is -2.08. The van der Waals surface area contributed by atoms with Crippen molar-refractivity contribution < 1.29 is 9.18 Å². The lowest BCUT2D eigenvalue weighted by Crippen LogP contribution is -2.05. The second-order valence-corrected chi connectivity index (χ2v) is 6.44. The maximum Gasteiger partial charge on any atom is 0.196 e. The summed E-state index contributed by atoms with van der Waals surface area (Å²) in [5.41, 5.74) is 1.34. The Morgan fingerprint density at radius 2 is 1.79 bits per heavy atom. The van der Waals surface area contributed by atoms with Gasteiger partial charge in [0, 0.05) is 16.3 Å². The van der Waals surface area contributed by atoms with E-state index in [0.29, 0.717) is 21.6 Å². The van der Waals surface area contributed by atoms with Gasteiger partial charge in [0.25, 0.3) is 0 Å². The van der Waals surface area contributed by atoms with Gasteiger partial charge in [0.05, 0.1) is 5.75 Å². The molecule has 122 valence electrons. The molecule has 0 N–H and O–H groups in total. The largest absolute Gasteiger partial charge is 0.293 e. The fourth-order valence-corrected chi connectivity index (χ4v) is 3.19. The molecule has 0 aliphatic rings. The van der Waals surface area contributed by atoms with Gasteiger partial charge in [-0.1, -0.05) is 23.4 Å². The van der Waals surface area contributed by atoms with E-state index in [1.54, 1.807) is 47.9 Å². The van der Waals surface area contributed by atoms with Crippen LogP contribution in [0.25, 0.3) is 5.69 Å². The molecule has 0 saturated carbocycles. The van der Waals surface area contributed by atoms with Crippen molar-refractivity contribution in [1.82, 2.24) is 14.8 Å². The lowest BCUT2D eigenvalue weighted by molar-refractivity contribution is 0.102. The maximum absolute atomic E-state index is 13.1. The molecule has 0 radical (unpaired) electrons. The van der Waals surface area contributed by atoms with Crippen molar-refractivity contribution in [2.24, 2.45) is 0 Å². The molecule has 1 heterocycles. The highest BCUT2D eigenvalue weighted by molar-refractivity contribution is 7.99. The molecule has 2 aromatic carbocycles. The predicted molar refractivity (Wildman–Crippen MR) is 92.6 cm³/mol. The summed E-state index contributed by atoms with van der Waals surface area (Å²) in [6.45, 7) is 1.81. The third-order valence-corrected chi connectivity index (χ3v) is 4.56. The van der Waals surface area contributed by atoms with Gasteiger partial charge in [-0.25, -0.2) is 4.39 Å². The molecule has 0 amide bonds. The van der Waals surface area contributed by atoms with Gasteiger partial charge in [0.2, 0.25) is 0 Å². The number of ketones is 1. The molecular weight excluding hydrogens is 349 g/mol. The number of thioether (sulfide) groups is 1. The van der Waals surface area contributed by atoms with Gasteiger partial charge in [-0.15, -0.1) is 10.2 Å². The van der Waals surface area contributed by atoms with Gasteiger partial charge in [0.1, 0.15) is 11.6 Å². The van der Waals surface area contributed by atoms with Crippen LogP contribution in [0.3, 0.4) is 0 Å². The van der Waals surface area contributed by atoms with Crippen LogP contribution in [-0.2, 0) is 0 Å². The normalized spacial score (nSPS) is 10.8. The Bertz CT molecular complexity index is 863. The first-order valence-electron chi connectivity index (χ1n) is 7.14. The van der Waals surface area contributed by atoms with Crippen LogP contribution < -0.4 is 0 Å². The molecule has 0 spiro atoms. The first kappa shape index (κ1) is 16.7. The Morgan fingerprint density at radius 1 is 1.12 bits per heavy atom. The Morgan fingerprint density at radius 3 is 2.46 bits per heavy atom. The van der Waals surface area contributed by atoms with Crippen molar-refractivity contribution in [1.29, 1.82) is 0 Å². The molecule has 7 heteroatoms. The van der Waals surface area contributed by atoms with Crippen LogP contribution in [0.15, 0.2) is 53.7 Å². The van der Waals surface area contributed by atoms with E-state index in [1.165, 1.54) is 23.9 Å². The molecule has 0 aliphatic carbocycles. The van der Waals surface area contributed by atoms with Gasteiger partial charge in [-0.2, -0.15) is 0 Å². The number of hydrogen-bond donors (Lipinski definition) is 0. The summed E-state index contributed by atoms with van der Waals surface area (Å²) in [4.78, 5) is 12.3. The molecule has 1 aromatic heterocycles. The highest BCUT2D eigenvalue weighted by Crippen LogP contribution is 2.23. The Labute approximate surface area is 147 Å². The van der Waals surface area contributed by atoms with E-state index < -0.39 is 0 Å². The third kappa shape index (κ3) is 3.66. The standard InChI is InChI=1S/C17H13ClFN3OS/c1-11-20-21-17(22(11)15-8-6-14(19)7-9-15)24-10-16(23)12-2-4-13(18)5-3-12/h2-9H,10H2,1H3. The first-order valence-corrected chi connectivity index (χ1v) is 8.50. The zero-order valence-corrected chi connectivity index (χ0v) is 14.3. The van der Waals surface area contributed by atoms with E-state index in [9.17, 15) is 9.18 Å². The summed E-state index contributed by atoms with van der Waals surface area (Å²) >= 11 is 7.11. The molecule has 3 rings (SSSR count). The van der Waals surface area contributed by atoms with Crippen molar-refractivity contribution in [2.75, 3.05) is 5.75 Å². The fraction of sp³-hybridized carbons (Fsp3) is 0.118. The number of nitrogens with zero attached hydrogens (tertiary/aromatic N) is 3. The average Bonchev–Trinajstić information content (AvgIpc) is 2.95. The molecule has 0 atom stereocenters. The summed E-state index contributed by atoms with van der Waals surface area (Å²) in [5, 5.41) is 9.32.